The van der Waals surface area contributed by atoms with E-state index in [4.69, 9.17) is 5.73 Å². The summed E-state index contributed by atoms with van der Waals surface area (Å²) in [6, 6.07) is 2.19. The molecule has 0 aromatic rings. The number of nitrogens with one attached hydrogen (secondary N) is 1. The van der Waals surface area contributed by atoms with E-state index >= 15 is 0 Å². The van der Waals surface area contributed by atoms with Gasteiger partial charge in [-0.25, -0.2) is 0 Å². The Hall–Kier alpha value is -1.21. The zero-order valence-electron chi connectivity index (χ0n) is 5.81. The number of carbonyl (C=O) groups is 1. The maximum Gasteiger partial charge on any atom is 0.319 e. The van der Waals surface area contributed by atoms with Gasteiger partial charge in [-0.3, -0.25) is 10.1 Å². The first kappa shape index (κ1) is 8.79. The molecule has 0 atom stereocenters. The number of nitrogens with two attached hydrogens (primary N) is 1. The summed E-state index contributed by atoms with van der Waals surface area (Å²) in [6.07, 6.45) is 0. The van der Waals surface area contributed by atoms with Crippen LogP contribution in [0.15, 0.2) is 0 Å². The van der Waals surface area contributed by atoms with E-state index in [0.29, 0.717) is 6.54 Å². The van der Waals surface area contributed by atoms with Gasteiger partial charge in [0.05, 0.1) is 20.2 Å². The van der Waals surface area contributed by atoms with Crippen LogP contribution in [0.25, 0.3) is 0 Å². The van der Waals surface area contributed by atoms with Crippen molar-refractivity contribution in [2.24, 2.45) is 5.73 Å². The molecule has 4 nitrogen and oxygen atoms in total. The number of carbonyl (C=O) groups excluding carboxylic acids is 1. The van der Waals surface area contributed by atoms with Gasteiger partial charge in [0.1, 0.15) is 0 Å². The number of hydrogen-bond donors (Lipinski definition) is 2. The highest BCUT2D eigenvalue weighted by molar-refractivity contribution is 5.71. The third-order valence-electron chi connectivity index (χ3n) is 0.812. The topological polar surface area (TPSA) is 64.3 Å². The van der Waals surface area contributed by atoms with E-state index in [1.807, 2.05) is 0 Å². The van der Waals surface area contributed by atoms with Crippen LogP contribution >= 0.6 is 0 Å². The monoisotopic (exact) mass is 142 g/mol. The predicted octanol–water partition coefficient (Wildman–Crippen LogP) is -1.33. The zero-order valence-corrected chi connectivity index (χ0v) is 5.81. The van der Waals surface area contributed by atoms with Crippen LogP contribution in [0.4, 0.5) is 0 Å². The summed E-state index contributed by atoms with van der Waals surface area (Å²) in [4.78, 5) is 10.4. The molecule has 0 rings (SSSR count). The van der Waals surface area contributed by atoms with E-state index in [2.05, 4.69) is 22.0 Å². The second-order valence-electron chi connectivity index (χ2n) is 1.50. The molecule has 0 saturated carbocycles. The highest BCUT2D eigenvalue weighted by Gasteiger charge is 1.94. The Morgan fingerprint density at radius 3 is 3.00 bits per heavy atom. The Morgan fingerprint density at radius 2 is 2.50 bits per heavy atom. The Morgan fingerprint density at radius 1 is 1.80 bits per heavy atom. The summed E-state index contributed by atoms with van der Waals surface area (Å²) in [7, 11) is 1.33. The maximum atomic E-state index is 10.4. The molecule has 0 aliphatic heterocycles. The Kier molecular flexibility index (Phi) is 5.20. The fourth-order valence-electron chi connectivity index (χ4n) is 0.350. The quantitative estimate of drug-likeness (QED) is 0.222. The van der Waals surface area contributed by atoms with E-state index in [-0.39, 0.29) is 12.5 Å². The average molecular weight is 142 g/mol. The first-order valence-corrected chi connectivity index (χ1v) is 2.77. The SMILES string of the molecule is COC(=O)CNCC#CN. The lowest BCUT2D eigenvalue weighted by molar-refractivity contribution is -0.139. The minimum Gasteiger partial charge on any atom is -0.468 e. The van der Waals surface area contributed by atoms with Crippen LogP contribution < -0.4 is 11.1 Å². The van der Waals surface area contributed by atoms with Crippen LogP contribution in [-0.4, -0.2) is 26.2 Å². The molecule has 3 N–H and O–H groups in total. The normalized spacial score (nSPS) is 7.70. The highest BCUT2D eigenvalue weighted by Crippen LogP contribution is 1.67. The molecule has 0 aromatic carbocycles. The summed E-state index contributed by atoms with van der Waals surface area (Å²) in [5.74, 6) is 2.23. The van der Waals surface area contributed by atoms with Gasteiger partial charge >= 0.3 is 5.97 Å². The Labute approximate surface area is 59.7 Å². The van der Waals surface area contributed by atoms with Crippen molar-refractivity contribution < 1.29 is 9.53 Å². The molecule has 0 saturated heterocycles. The number of methoxy groups -OCH3 is 1. The first-order chi connectivity index (χ1) is 4.81. The third kappa shape index (κ3) is 4.94. The lowest BCUT2D eigenvalue weighted by atomic mass is 10.6. The van der Waals surface area contributed by atoms with Crippen molar-refractivity contribution in [2.45, 2.75) is 0 Å². The molecule has 0 amide bonds. The fourth-order valence-corrected chi connectivity index (χ4v) is 0.350. The van der Waals surface area contributed by atoms with Gasteiger partial charge in [-0.1, -0.05) is 5.92 Å². The molecule has 4 heteroatoms. The molecule has 0 unspecified atom stereocenters. The molecule has 0 bridgehead atoms. The van der Waals surface area contributed by atoms with Gasteiger partial charge in [0.2, 0.25) is 0 Å². The van der Waals surface area contributed by atoms with Crippen molar-refractivity contribution in [2.75, 3.05) is 20.2 Å². The van der Waals surface area contributed by atoms with Gasteiger partial charge in [0.15, 0.2) is 0 Å². The fraction of sp³-hybridized carbons (Fsp3) is 0.500. The Balaban J connectivity index is 3.17. The van der Waals surface area contributed by atoms with Crippen molar-refractivity contribution in [3.63, 3.8) is 0 Å². The molecule has 0 aliphatic carbocycles. The minimum absolute atomic E-state index is 0.172. The first-order valence-electron chi connectivity index (χ1n) is 2.77. The standard InChI is InChI=1S/C6H10N2O2/c1-10-6(9)5-8-4-2-3-7/h8H,4-5,7H2,1H3. The maximum absolute atomic E-state index is 10.4. The van der Waals surface area contributed by atoms with Crippen molar-refractivity contribution in [3.05, 3.63) is 0 Å². The summed E-state index contributed by atoms with van der Waals surface area (Å²) in [5.41, 5.74) is 4.86. The highest BCUT2D eigenvalue weighted by atomic mass is 16.5. The predicted molar refractivity (Wildman–Crippen MR) is 36.8 cm³/mol. The van der Waals surface area contributed by atoms with Crippen molar-refractivity contribution in [1.29, 1.82) is 0 Å². The summed E-state index contributed by atoms with van der Waals surface area (Å²) in [5, 5.41) is 2.71. The molecule has 0 heterocycles. The van der Waals surface area contributed by atoms with Gasteiger partial charge in [-0.15, -0.1) is 0 Å². The molecular weight excluding hydrogens is 132 g/mol. The van der Waals surface area contributed by atoms with Crippen LogP contribution in [0.2, 0.25) is 0 Å². The van der Waals surface area contributed by atoms with Crippen LogP contribution in [0.3, 0.4) is 0 Å². The zero-order chi connectivity index (χ0) is 7.82. The lowest BCUT2D eigenvalue weighted by Gasteiger charge is -1.96. The van der Waals surface area contributed by atoms with Crippen LogP contribution in [0.5, 0.6) is 0 Å². The molecule has 0 spiro atoms. The van der Waals surface area contributed by atoms with Crippen LogP contribution in [0.1, 0.15) is 0 Å². The van der Waals surface area contributed by atoms with Crippen molar-refractivity contribution in [3.8, 4) is 12.0 Å². The van der Waals surface area contributed by atoms with Crippen molar-refractivity contribution >= 4 is 5.97 Å². The molecule has 56 valence electrons. The van der Waals surface area contributed by atoms with Crippen LogP contribution in [-0.2, 0) is 9.53 Å². The smallest absolute Gasteiger partial charge is 0.319 e. The third-order valence-corrected chi connectivity index (χ3v) is 0.812. The number of hydrogen-bond acceptors (Lipinski definition) is 4. The van der Waals surface area contributed by atoms with E-state index in [0.717, 1.165) is 0 Å². The van der Waals surface area contributed by atoms with E-state index in [9.17, 15) is 4.79 Å². The second-order valence-corrected chi connectivity index (χ2v) is 1.50. The molecule has 0 aromatic heterocycles. The molecule has 10 heavy (non-hydrogen) atoms. The van der Waals surface area contributed by atoms with Gasteiger partial charge in [0.25, 0.3) is 0 Å². The molecular formula is C6H10N2O2. The second kappa shape index (κ2) is 5.92. The summed E-state index contributed by atoms with van der Waals surface area (Å²) >= 11 is 0. The average Bonchev–Trinajstić information content (AvgIpc) is 1.98. The molecule has 0 fully saturated rings. The van der Waals surface area contributed by atoms with Gasteiger partial charge in [-0.05, 0) is 0 Å². The van der Waals surface area contributed by atoms with Crippen molar-refractivity contribution in [1.82, 2.24) is 5.32 Å². The number of esters is 1. The van der Waals surface area contributed by atoms with Gasteiger partial charge < -0.3 is 10.5 Å². The summed E-state index contributed by atoms with van der Waals surface area (Å²) < 4.78 is 4.35. The van der Waals surface area contributed by atoms with Gasteiger partial charge in [0, 0.05) is 6.04 Å². The molecule has 0 radical (unpaired) electrons. The van der Waals surface area contributed by atoms with E-state index in [1.165, 1.54) is 7.11 Å². The molecule has 0 aliphatic rings. The summed E-state index contributed by atoms with van der Waals surface area (Å²) in [6.45, 7) is 0.580. The number of rotatable bonds is 3. The minimum atomic E-state index is -0.307. The van der Waals surface area contributed by atoms with Crippen LogP contribution in [0, 0.1) is 12.0 Å². The lowest BCUT2D eigenvalue weighted by Crippen LogP contribution is -2.24. The van der Waals surface area contributed by atoms with Gasteiger partial charge in [-0.2, -0.15) is 0 Å². The van der Waals surface area contributed by atoms with E-state index < -0.39 is 0 Å². The largest absolute Gasteiger partial charge is 0.468 e. The number of ether oxygens (including phenoxy) is 1. The van der Waals surface area contributed by atoms with E-state index in [1.54, 1.807) is 0 Å². The Bertz CT molecular complexity index is 157.